The standard InChI is InChI=1S/C19H23BrN2O2S.C17H20BrN3O2.HI.H3N/c1-12-5-4-8-18(10-12)11-19(16(23)22(2)17(21-19)25-3)14-9-13(20)6-7-15(14)24-18;1-10-3-2-6-16(8-10)9-17(14(22)20-15(19)21-17)12-7-11(18)4-5-13(12)23-16;;/h6-7,9,12H,4-5,8,10-11H2,1-3H3;4-5,7,10H,2-3,6,8-9H2,1H3,(H3,19,20,21,22);1H;1H3. The maximum Gasteiger partial charge on any atom is 0.261 e. The number of hydrogen-bond acceptors (Lipinski definition) is 9. The van der Waals surface area contributed by atoms with Gasteiger partial charge in [0.25, 0.3) is 11.8 Å². The molecule has 2 saturated carbocycles. The molecule has 50 heavy (non-hydrogen) atoms. The number of amidine groups is 1. The summed E-state index contributed by atoms with van der Waals surface area (Å²) < 4.78 is 14.9. The Labute approximate surface area is 332 Å². The quantitative estimate of drug-likeness (QED) is 0.225. The van der Waals surface area contributed by atoms with Crippen molar-refractivity contribution in [1.29, 1.82) is 0 Å². The summed E-state index contributed by atoms with van der Waals surface area (Å²) in [5.74, 6) is 2.89. The zero-order valence-corrected chi connectivity index (χ0v) is 35.3. The van der Waals surface area contributed by atoms with Crippen molar-refractivity contribution in [3.8, 4) is 11.5 Å². The van der Waals surface area contributed by atoms with Gasteiger partial charge in [-0.2, -0.15) is 0 Å². The first kappa shape index (κ1) is 39.3. The van der Waals surface area contributed by atoms with Gasteiger partial charge in [0.15, 0.2) is 22.2 Å². The average Bonchev–Trinajstić information content (AvgIpc) is 3.44. The molecule has 6 atom stereocenters. The fourth-order valence-corrected chi connectivity index (χ4v) is 10.5. The summed E-state index contributed by atoms with van der Waals surface area (Å²) >= 11 is 8.57. The number of guanidine groups is 1. The number of carbonyl (C=O) groups excluding carboxylic acids is 2. The third-order valence-corrected chi connectivity index (χ3v) is 12.7. The zero-order chi connectivity index (χ0) is 34.1. The average molecular weight is 947 g/mol. The van der Waals surface area contributed by atoms with Crippen molar-refractivity contribution < 1.29 is 19.1 Å². The summed E-state index contributed by atoms with van der Waals surface area (Å²) in [6, 6.07) is 11.8. The molecule has 4 heterocycles. The monoisotopic (exact) mass is 944 g/mol. The Hall–Kier alpha value is -1.88. The van der Waals surface area contributed by atoms with E-state index in [1.165, 1.54) is 24.6 Å². The molecule has 6 unspecified atom stereocenters. The first-order chi connectivity index (χ1) is 22.8. The first-order valence-electron chi connectivity index (χ1n) is 16.9. The minimum Gasteiger partial charge on any atom is -0.487 e. The Morgan fingerprint density at radius 3 is 1.82 bits per heavy atom. The maximum absolute atomic E-state index is 13.4. The van der Waals surface area contributed by atoms with Crippen LogP contribution in [0.4, 0.5) is 0 Å². The molecule has 6 N–H and O–H groups in total. The lowest BCUT2D eigenvalue weighted by Crippen LogP contribution is -2.53. The Kier molecular flexibility index (Phi) is 11.4. The van der Waals surface area contributed by atoms with Crippen LogP contribution in [0, 0.1) is 11.8 Å². The van der Waals surface area contributed by atoms with Gasteiger partial charge in [0.05, 0.1) is 0 Å². The molecule has 14 heteroatoms. The number of ether oxygens (including phenoxy) is 2. The number of carbonyl (C=O) groups is 2. The maximum atomic E-state index is 13.4. The van der Waals surface area contributed by atoms with E-state index in [1.807, 2.05) is 49.7 Å². The molecule has 6 aliphatic rings. The predicted octanol–water partition coefficient (Wildman–Crippen LogP) is 8.17. The molecule has 4 aliphatic heterocycles. The van der Waals surface area contributed by atoms with Gasteiger partial charge in [0.1, 0.15) is 22.7 Å². The molecule has 0 radical (unpaired) electrons. The van der Waals surface area contributed by atoms with Crippen LogP contribution in [0.3, 0.4) is 0 Å². The van der Waals surface area contributed by atoms with Gasteiger partial charge in [-0.1, -0.05) is 70.3 Å². The third kappa shape index (κ3) is 6.73. The summed E-state index contributed by atoms with van der Waals surface area (Å²) in [6.45, 7) is 4.54. The van der Waals surface area contributed by atoms with E-state index in [9.17, 15) is 9.59 Å². The summed E-state index contributed by atoms with van der Waals surface area (Å²) in [7, 11) is 1.83. The number of amides is 2. The lowest BCUT2D eigenvalue weighted by Gasteiger charge is -2.48. The van der Waals surface area contributed by atoms with Crippen LogP contribution < -0.4 is 26.7 Å². The van der Waals surface area contributed by atoms with E-state index in [0.717, 1.165) is 75.3 Å². The van der Waals surface area contributed by atoms with Crippen molar-refractivity contribution in [2.45, 2.75) is 100 Å². The Morgan fingerprint density at radius 1 is 0.880 bits per heavy atom. The number of nitrogens with zero attached hydrogens (tertiary/aromatic N) is 3. The van der Waals surface area contributed by atoms with Crippen molar-refractivity contribution in [1.82, 2.24) is 16.4 Å². The van der Waals surface area contributed by atoms with Crippen molar-refractivity contribution in [2.24, 2.45) is 27.6 Å². The molecular formula is C36H47Br2IN6O4S. The number of halogens is 3. The molecule has 2 aromatic rings. The molecule has 2 aromatic carbocycles. The van der Waals surface area contributed by atoms with Crippen LogP contribution in [-0.4, -0.2) is 52.3 Å². The highest BCUT2D eigenvalue weighted by molar-refractivity contribution is 14.0. The van der Waals surface area contributed by atoms with Crippen LogP contribution in [0.5, 0.6) is 11.5 Å². The number of aliphatic imine (C=N–C) groups is 2. The summed E-state index contributed by atoms with van der Waals surface area (Å²) in [5.41, 5.74) is 5.11. The molecule has 0 aromatic heterocycles. The number of benzene rings is 2. The van der Waals surface area contributed by atoms with Crippen molar-refractivity contribution >= 4 is 90.5 Å². The molecule has 8 rings (SSSR count). The Morgan fingerprint density at radius 2 is 1.38 bits per heavy atom. The van der Waals surface area contributed by atoms with Crippen LogP contribution in [0.25, 0.3) is 0 Å². The molecule has 2 fully saturated rings. The van der Waals surface area contributed by atoms with Crippen molar-refractivity contribution in [3.63, 3.8) is 0 Å². The van der Waals surface area contributed by atoms with Crippen LogP contribution in [0.1, 0.15) is 89.2 Å². The van der Waals surface area contributed by atoms with E-state index in [0.29, 0.717) is 24.7 Å². The van der Waals surface area contributed by atoms with Crippen LogP contribution >= 0.6 is 67.6 Å². The molecule has 2 aliphatic carbocycles. The second-order valence-electron chi connectivity index (χ2n) is 14.7. The van der Waals surface area contributed by atoms with Crippen molar-refractivity contribution in [2.75, 3.05) is 13.3 Å². The zero-order valence-electron chi connectivity index (χ0n) is 29.0. The van der Waals surface area contributed by atoms with E-state index in [1.54, 1.807) is 4.90 Å². The molecular weight excluding hydrogens is 899 g/mol. The lowest BCUT2D eigenvalue weighted by molar-refractivity contribution is -0.135. The van der Waals surface area contributed by atoms with Gasteiger partial charge in [0.2, 0.25) is 0 Å². The number of likely N-dealkylation sites (N-methyl/N-ethyl adjacent to an activating group) is 1. The first-order valence-corrected chi connectivity index (χ1v) is 19.7. The number of nitrogens with two attached hydrogens (primary N) is 1. The van der Waals surface area contributed by atoms with Gasteiger partial charge < -0.3 is 21.4 Å². The van der Waals surface area contributed by atoms with Gasteiger partial charge in [-0.05, 0) is 93.0 Å². The van der Waals surface area contributed by atoms with Gasteiger partial charge in [-0.15, -0.1) is 24.0 Å². The second-order valence-corrected chi connectivity index (χ2v) is 17.3. The van der Waals surface area contributed by atoms with Crippen LogP contribution in [-0.2, 0) is 20.7 Å². The molecule has 10 nitrogen and oxygen atoms in total. The largest absolute Gasteiger partial charge is 0.487 e. The fourth-order valence-electron chi connectivity index (χ4n) is 9.15. The highest BCUT2D eigenvalue weighted by atomic mass is 127. The van der Waals surface area contributed by atoms with Crippen LogP contribution in [0.15, 0.2) is 55.3 Å². The number of fused-ring (bicyclic) bond motifs is 4. The molecule has 4 spiro atoms. The summed E-state index contributed by atoms with van der Waals surface area (Å²) in [4.78, 5) is 37.4. The number of thioether (sulfide) groups is 1. The molecule has 0 saturated heterocycles. The second kappa shape index (κ2) is 14.5. The van der Waals surface area contributed by atoms with E-state index in [4.69, 9.17) is 20.2 Å². The van der Waals surface area contributed by atoms with E-state index in [2.05, 4.69) is 56.0 Å². The normalized spacial score (nSPS) is 33.5. The fraction of sp³-hybridized carbons (Fsp3) is 0.556. The SMILES string of the molecule is CC1CCCC2(C1)CC1(N=C(N)NC1=O)c1cc(Br)ccc1O2.CSC1=NC2(CC3(CCCC(C)C3)Oc3ccc(Br)cc32)C(=O)N1C.I.N. The minimum atomic E-state index is -0.960. The minimum absolute atomic E-state index is 0. The third-order valence-electron chi connectivity index (χ3n) is 11.0. The summed E-state index contributed by atoms with van der Waals surface area (Å²) in [5, 5.41) is 3.48. The number of hydrogen-bond donors (Lipinski definition) is 3. The highest BCUT2D eigenvalue weighted by Crippen LogP contribution is 2.55. The molecule has 0 bridgehead atoms. The number of rotatable bonds is 0. The van der Waals surface area contributed by atoms with Gasteiger partial charge in [-0.3, -0.25) is 19.8 Å². The van der Waals surface area contributed by atoms with E-state index in [-0.39, 0.29) is 59.1 Å². The highest BCUT2D eigenvalue weighted by Gasteiger charge is 2.59. The lowest BCUT2D eigenvalue weighted by atomic mass is 9.68. The Balaban J connectivity index is 0.000000187. The topological polar surface area (TPSA) is 154 Å². The van der Waals surface area contributed by atoms with Gasteiger partial charge >= 0.3 is 0 Å². The van der Waals surface area contributed by atoms with Gasteiger partial charge in [-0.25, -0.2) is 9.98 Å². The smallest absolute Gasteiger partial charge is 0.261 e. The van der Waals surface area contributed by atoms with E-state index >= 15 is 0 Å². The summed E-state index contributed by atoms with van der Waals surface area (Å²) in [6.07, 6.45) is 11.8. The molecule has 272 valence electrons. The van der Waals surface area contributed by atoms with Crippen molar-refractivity contribution in [3.05, 3.63) is 56.5 Å². The molecule has 2 amide bonds. The van der Waals surface area contributed by atoms with E-state index < -0.39 is 11.1 Å². The number of nitrogens with one attached hydrogen (secondary N) is 1. The predicted molar refractivity (Wildman–Crippen MR) is 217 cm³/mol. The Bertz CT molecular complexity index is 1750. The van der Waals surface area contributed by atoms with Crippen LogP contribution in [0.2, 0.25) is 0 Å². The van der Waals surface area contributed by atoms with Gasteiger partial charge in [0, 0.05) is 40.0 Å².